The van der Waals surface area contributed by atoms with Crippen LogP contribution in [-0.2, 0) is 0 Å². The zero-order valence-corrected chi connectivity index (χ0v) is 13.2. The maximum absolute atomic E-state index is 9.65. The van der Waals surface area contributed by atoms with E-state index in [2.05, 4.69) is 37.8 Å². The van der Waals surface area contributed by atoms with Crippen LogP contribution in [0.15, 0.2) is 12.4 Å². The van der Waals surface area contributed by atoms with Crippen molar-refractivity contribution in [2.24, 2.45) is 5.92 Å². The third-order valence-corrected chi connectivity index (χ3v) is 5.58. The van der Waals surface area contributed by atoms with Gasteiger partial charge in [-0.3, -0.25) is 0 Å². The lowest BCUT2D eigenvalue weighted by molar-refractivity contribution is 0.145. The first-order valence-electron chi connectivity index (χ1n) is 8.41. The minimum Gasteiger partial charge on any atom is -0.393 e. The molecule has 0 saturated carbocycles. The van der Waals surface area contributed by atoms with Gasteiger partial charge in [0.05, 0.1) is 6.10 Å². The quantitative estimate of drug-likeness (QED) is 0.862. The van der Waals surface area contributed by atoms with Crippen LogP contribution in [0.25, 0.3) is 0 Å². The lowest BCUT2D eigenvalue weighted by Gasteiger charge is -2.31. The highest BCUT2D eigenvalue weighted by atomic mass is 16.3. The molecule has 3 fully saturated rings. The van der Waals surface area contributed by atoms with Gasteiger partial charge in [-0.05, 0) is 38.8 Å². The van der Waals surface area contributed by atoms with Crippen LogP contribution in [0, 0.1) is 5.92 Å². The van der Waals surface area contributed by atoms with Crippen molar-refractivity contribution in [2.45, 2.75) is 31.4 Å². The molecule has 0 amide bonds. The van der Waals surface area contributed by atoms with Crippen LogP contribution in [-0.4, -0.2) is 71.9 Å². The van der Waals surface area contributed by atoms with Crippen molar-refractivity contribution >= 4 is 11.6 Å². The fraction of sp³-hybridized carbons (Fsp3) is 0.750. The number of likely N-dealkylation sites (N-methyl/N-ethyl adjacent to an activating group) is 1. The predicted octanol–water partition coefficient (Wildman–Crippen LogP) is 0.578. The van der Waals surface area contributed by atoms with Gasteiger partial charge in [-0.15, -0.1) is 0 Å². The summed E-state index contributed by atoms with van der Waals surface area (Å²) in [6.07, 6.45) is 4.51. The number of aliphatic hydroxyl groups excluding tert-OH is 1. The Labute approximate surface area is 131 Å². The third kappa shape index (κ3) is 2.54. The van der Waals surface area contributed by atoms with Gasteiger partial charge >= 0.3 is 0 Å². The number of fused-ring (bicyclic) bond motifs is 1. The molecule has 2 atom stereocenters. The van der Waals surface area contributed by atoms with Crippen molar-refractivity contribution in [3.05, 3.63) is 12.4 Å². The third-order valence-electron chi connectivity index (χ3n) is 5.58. The van der Waals surface area contributed by atoms with Crippen molar-refractivity contribution < 1.29 is 5.11 Å². The highest BCUT2D eigenvalue weighted by Gasteiger charge is 2.40. The zero-order valence-electron chi connectivity index (χ0n) is 13.2. The van der Waals surface area contributed by atoms with E-state index >= 15 is 0 Å². The number of piperidine rings is 1. The SMILES string of the molecule is CN1CC[C@@H]2CN(c3cc(N4CCC(O)CC4)ncn3)C[C@@H]21. The molecule has 3 aliphatic rings. The molecule has 4 rings (SSSR count). The van der Waals surface area contributed by atoms with Gasteiger partial charge in [-0.25, -0.2) is 9.97 Å². The summed E-state index contributed by atoms with van der Waals surface area (Å²) in [6, 6.07) is 2.81. The molecule has 1 aromatic rings. The molecular weight excluding hydrogens is 278 g/mol. The summed E-state index contributed by atoms with van der Waals surface area (Å²) in [5, 5.41) is 9.65. The van der Waals surface area contributed by atoms with Gasteiger partial charge in [0.25, 0.3) is 0 Å². The molecule has 4 heterocycles. The number of anilines is 2. The van der Waals surface area contributed by atoms with E-state index in [4.69, 9.17) is 0 Å². The molecule has 0 aromatic carbocycles. The van der Waals surface area contributed by atoms with Gasteiger partial charge in [-0.1, -0.05) is 0 Å². The minimum atomic E-state index is -0.147. The molecule has 3 aliphatic heterocycles. The molecule has 0 aliphatic carbocycles. The number of hydrogen-bond donors (Lipinski definition) is 1. The van der Waals surface area contributed by atoms with Gasteiger partial charge in [0.15, 0.2) is 0 Å². The van der Waals surface area contributed by atoms with E-state index in [-0.39, 0.29) is 6.10 Å². The molecule has 0 spiro atoms. The summed E-state index contributed by atoms with van der Waals surface area (Å²) in [4.78, 5) is 16.1. The Morgan fingerprint density at radius 2 is 1.73 bits per heavy atom. The molecule has 1 N–H and O–H groups in total. The van der Waals surface area contributed by atoms with Crippen molar-refractivity contribution in [1.82, 2.24) is 14.9 Å². The predicted molar refractivity (Wildman–Crippen MR) is 86.2 cm³/mol. The molecule has 6 nitrogen and oxygen atoms in total. The average molecular weight is 303 g/mol. The molecule has 0 unspecified atom stereocenters. The number of aromatic nitrogens is 2. The number of aliphatic hydroxyl groups is 1. The second-order valence-electron chi connectivity index (χ2n) is 6.95. The van der Waals surface area contributed by atoms with Crippen LogP contribution in [0.2, 0.25) is 0 Å². The normalized spacial score (nSPS) is 30.1. The van der Waals surface area contributed by atoms with Crippen LogP contribution in [0.5, 0.6) is 0 Å². The van der Waals surface area contributed by atoms with Gasteiger partial charge in [-0.2, -0.15) is 0 Å². The fourth-order valence-corrected chi connectivity index (χ4v) is 4.14. The van der Waals surface area contributed by atoms with Crippen LogP contribution < -0.4 is 9.80 Å². The summed E-state index contributed by atoms with van der Waals surface area (Å²) in [7, 11) is 2.23. The van der Waals surface area contributed by atoms with E-state index < -0.39 is 0 Å². The molecule has 6 heteroatoms. The maximum Gasteiger partial charge on any atom is 0.134 e. The number of likely N-dealkylation sites (tertiary alicyclic amines) is 1. The first-order chi connectivity index (χ1) is 10.7. The topological polar surface area (TPSA) is 55.7 Å². The standard InChI is InChI=1S/C16H25N5O/c1-19-5-2-12-9-21(10-14(12)19)16-8-15(17-11-18-16)20-6-3-13(22)4-7-20/h8,11-14,22H,2-7,9-10H2,1H3/t12-,14+/m1/s1. The Morgan fingerprint density at radius 3 is 2.45 bits per heavy atom. The van der Waals surface area contributed by atoms with Crippen LogP contribution in [0.4, 0.5) is 11.6 Å². The Hall–Kier alpha value is -1.40. The second kappa shape index (κ2) is 5.66. The monoisotopic (exact) mass is 303 g/mol. The number of rotatable bonds is 2. The summed E-state index contributed by atoms with van der Waals surface area (Å²) in [5.74, 6) is 2.84. The Kier molecular flexibility index (Phi) is 3.66. The largest absolute Gasteiger partial charge is 0.393 e. The van der Waals surface area contributed by atoms with E-state index in [0.717, 1.165) is 56.6 Å². The van der Waals surface area contributed by atoms with Crippen LogP contribution >= 0.6 is 0 Å². The van der Waals surface area contributed by atoms with E-state index in [1.807, 2.05) is 0 Å². The van der Waals surface area contributed by atoms with E-state index in [1.54, 1.807) is 6.33 Å². The molecule has 0 bridgehead atoms. The summed E-state index contributed by atoms with van der Waals surface area (Å²) < 4.78 is 0. The van der Waals surface area contributed by atoms with Crippen LogP contribution in [0.3, 0.4) is 0 Å². The van der Waals surface area contributed by atoms with Gasteiger partial charge < -0.3 is 19.8 Å². The van der Waals surface area contributed by atoms with Crippen molar-refractivity contribution in [2.75, 3.05) is 49.6 Å². The van der Waals surface area contributed by atoms with Gasteiger partial charge in [0.1, 0.15) is 18.0 Å². The Morgan fingerprint density at radius 1 is 1.00 bits per heavy atom. The van der Waals surface area contributed by atoms with Gasteiger partial charge in [0.2, 0.25) is 0 Å². The molecule has 1 aromatic heterocycles. The Balaban J connectivity index is 1.48. The first-order valence-corrected chi connectivity index (χ1v) is 8.41. The molecule has 120 valence electrons. The number of hydrogen-bond acceptors (Lipinski definition) is 6. The Bertz CT molecular complexity index is 531. The summed E-state index contributed by atoms with van der Waals surface area (Å²) in [6.45, 7) is 5.19. The highest BCUT2D eigenvalue weighted by molar-refractivity contribution is 5.51. The smallest absolute Gasteiger partial charge is 0.134 e. The maximum atomic E-state index is 9.65. The highest BCUT2D eigenvalue weighted by Crippen LogP contribution is 2.33. The summed E-state index contributed by atoms with van der Waals surface area (Å²) in [5.41, 5.74) is 0. The van der Waals surface area contributed by atoms with E-state index in [9.17, 15) is 5.11 Å². The lowest BCUT2D eigenvalue weighted by Crippen LogP contribution is -2.36. The minimum absolute atomic E-state index is 0.147. The molecule has 3 saturated heterocycles. The zero-order chi connectivity index (χ0) is 15.1. The average Bonchev–Trinajstić information content (AvgIpc) is 3.11. The van der Waals surface area contributed by atoms with Gasteiger partial charge in [0, 0.05) is 38.3 Å². The lowest BCUT2D eigenvalue weighted by atomic mass is 10.1. The second-order valence-corrected chi connectivity index (χ2v) is 6.95. The van der Waals surface area contributed by atoms with E-state index in [0.29, 0.717) is 6.04 Å². The summed E-state index contributed by atoms with van der Waals surface area (Å²) >= 11 is 0. The number of nitrogens with zero attached hydrogens (tertiary/aromatic N) is 5. The fourth-order valence-electron chi connectivity index (χ4n) is 4.14. The molecule has 0 radical (unpaired) electrons. The first kappa shape index (κ1) is 14.2. The molecular formula is C16H25N5O. The van der Waals surface area contributed by atoms with Crippen molar-refractivity contribution in [3.63, 3.8) is 0 Å². The van der Waals surface area contributed by atoms with Crippen molar-refractivity contribution in [1.29, 1.82) is 0 Å². The van der Waals surface area contributed by atoms with E-state index in [1.165, 1.54) is 13.0 Å². The molecule has 22 heavy (non-hydrogen) atoms. The van der Waals surface area contributed by atoms with Crippen LogP contribution in [0.1, 0.15) is 19.3 Å². The van der Waals surface area contributed by atoms with Crippen molar-refractivity contribution in [3.8, 4) is 0 Å².